The molecule has 0 N–H and O–H groups in total. The lowest BCUT2D eigenvalue weighted by Gasteiger charge is -2.36. The van der Waals surface area contributed by atoms with Crippen molar-refractivity contribution < 1.29 is 14.3 Å². The van der Waals surface area contributed by atoms with Gasteiger partial charge in [-0.1, -0.05) is 12.8 Å². The van der Waals surface area contributed by atoms with E-state index in [1.807, 2.05) is 21.9 Å². The second kappa shape index (κ2) is 9.11. The van der Waals surface area contributed by atoms with Crippen LogP contribution < -0.4 is 9.64 Å². The Kier molecular flexibility index (Phi) is 6.58. The first-order valence-corrected chi connectivity index (χ1v) is 10.0. The van der Waals surface area contributed by atoms with Crippen LogP contribution in [0.2, 0.25) is 0 Å². The molecule has 6 heteroatoms. The molecule has 6 nitrogen and oxygen atoms in total. The number of ether oxygens (including phenoxy) is 1. The van der Waals surface area contributed by atoms with Gasteiger partial charge in [-0.3, -0.25) is 9.59 Å². The van der Waals surface area contributed by atoms with E-state index in [0.29, 0.717) is 19.0 Å². The molecule has 1 saturated carbocycles. The highest BCUT2D eigenvalue weighted by Gasteiger charge is 2.26. The third kappa shape index (κ3) is 4.93. The van der Waals surface area contributed by atoms with E-state index in [1.165, 1.54) is 12.8 Å². The van der Waals surface area contributed by atoms with Crippen LogP contribution in [-0.4, -0.2) is 67.5 Å². The molecule has 1 aromatic carbocycles. The highest BCUT2D eigenvalue weighted by Crippen LogP contribution is 2.24. The summed E-state index contributed by atoms with van der Waals surface area (Å²) in [4.78, 5) is 30.7. The fourth-order valence-corrected chi connectivity index (χ4v) is 4.19. The minimum absolute atomic E-state index is 0.0963. The minimum Gasteiger partial charge on any atom is -0.497 e. The SMILES string of the molecule is COc1ccc(N2CCN(C(=O)CCN(C(C)=O)C3CCCC3)CC2)cc1. The first-order valence-electron chi connectivity index (χ1n) is 10.0. The van der Waals surface area contributed by atoms with Crippen LogP contribution in [0.25, 0.3) is 0 Å². The van der Waals surface area contributed by atoms with Crippen molar-refractivity contribution in [2.45, 2.75) is 45.1 Å². The molecular formula is C21H31N3O3. The molecule has 148 valence electrons. The number of anilines is 1. The number of piperazine rings is 1. The fraction of sp³-hybridized carbons (Fsp3) is 0.619. The summed E-state index contributed by atoms with van der Waals surface area (Å²) in [5, 5.41) is 0. The Morgan fingerprint density at radius 2 is 1.70 bits per heavy atom. The van der Waals surface area contributed by atoms with Gasteiger partial charge in [-0.25, -0.2) is 0 Å². The Morgan fingerprint density at radius 1 is 1.07 bits per heavy atom. The predicted octanol–water partition coefficient (Wildman–Crippen LogP) is 2.53. The topological polar surface area (TPSA) is 53.1 Å². The van der Waals surface area contributed by atoms with E-state index in [1.54, 1.807) is 14.0 Å². The summed E-state index contributed by atoms with van der Waals surface area (Å²) in [6.45, 7) is 5.30. The zero-order chi connectivity index (χ0) is 19.2. The van der Waals surface area contributed by atoms with E-state index in [4.69, 9.17) is 4.74 Å². The summed E-state index contributed by atoms with van der Waals surface area (Å²) in [5.41, 5.74) is 1.16. The van der Waals surface area contributed by atoms with Gasteiger partial charge in [-0.15, -0.1) is 0 Å². The van der Waals surface area contributed by atoms with Gasteiger partial charge in [0.25, 0.3) is 0 Å². The van der Waals surface area contributed by atoms with Crippen molar-refractivity contribution in [3.8, 4) is 5.75 Å². The first-order chi connectivity index (χ1) is 13.1. The van der Waals surface area contributed by atoms with Crippen molar-refractivity contribution in [2.75, 3.05) is 44.7 Å². The second-order valence-corrected chi connectivity index (χ2v) is 7.47. The third-order valence-electron chi connectivity index (χ3n) is 5.81. The largest absolute Gasteiger partial charge is 0.497 e. The standard InChI is InChI=1S/C21H31N3O3/c1-17(25)24(19-5-3-4-6-19)12-11-21(26)23-15-13-22(14-16-23)18-7-9-20(27-2)10-8-18/h7-10,19H,3-6,11-16H2,1-2H3. The normalized spacial score (nSPS) is 17.9. The molecule has 1 saturated heterocycles. The third-order valence-corrected chi connectivity index (χ3v) is 5.81. The molecule has 27 heavy (non-hydrogen) atoms. The molecule has 0 atom stereocenters. The minimum atomic E-state index is 0.0963. The number of hydrogen-bond acceptors (Lipinski definition) is 4. The van der Waals surface area contributed by atoms with Crippen molar-refractivity contribution in [3.63, 3.8) is 0 Å². The summed E-state index contributed by atoms with van der Waals surface area (Å²) in [7, 11) is 1.67. The van der Waals surface area contributed by atoms with Crippen LogP contribution in [0.1, 0.15) is 39.0 Å². The molecule has 2 aliphatic rings. The summed E-state index contributed by atoms with van der Waals surface area (Å²) in [6.07, 6.45) is 4.96. The highest BCUT2D eigenvalue weighted by molar-refractivity contribution is 5.78. The van der Waals surface area contributed by atoms with Crippen LogP contribution in [0.5, 0.6) is 5.75 Å². The quantitative estimate of drug-likeness (QED) is 0.769. The van der Waals surface area contributed by atoms with Crippen molar-refractivity contribution in [2.24, 2.45) is 0 Å². The van der Waals surface area contributed by atoms with E-state index < -0.39 is 0 Å². The Bertz CT molecular complexity index is 633. The van der Waals surface area contributed by atoms with E-state index in [0.717, 1.165) is 50.5 Å². The predicted molar refractivity (Wildman–Crippen MR) is 106 cm³/mol. The maximum atomic E-state index is 12.6. The number of carbonyl (C=O) groups excluding carboxylic acids is 2. The Balaban J connectivity index is 1.46. The lowest BCUT2D eigenvalue weighted by atomic mass is 10.2. The summed E-state index contributed by atoms with van der Waals surface area (Å²) in [6, 6.07) is 8.38. The molecule has 3 rings (SSSR count). The molecular weight excluding hydrogens is 342 g/mol. The molecule has 1 aliphatic heterocycles. The molecule has 2 amide bonds. The van der Waals surface area contributed by atoms with E-state index in [9.17, 15) is 9.59 Å². The zero-order valence-corrected chi connectivity index (χ0v) is 16.5. The van der Waals surface area contributed by atoms with Gasteiger partial charge in [0.2, 0.25) is 11.8 Å². The number of amides is 2. The molecule has 0 aromatic heterocycles. The van der Waals surface area contributed by atoms with Gasteiger partial charge in [0.15, 0.2) is 0 Å². The molecule has 0 radical (unpaired) electrons. The maximum Gasteiger partial charge on any atom is 0.224 e. The van der Waals surface area contributed by atoms with Crippen molar-refractivity contribution in [1.29, 1.82) is 0 Å². The Morgan fingerprint density at radius 3 is 2.26 bits per heavy atom. The van der Waals surface area contributed by atoms with E-state index in [2.05, 4.69) is 17.0 Å². The van der Waals surface area contributed by atoms with Gasteiger partial charge in [0, 0.05) is 57.8 Å². The van der Waals surface area contributed by atoms with Crippen molar-refractivity contribution in [3.05, 3.63) is 24.3 Å². The average molecular weight is 373 g/mol. The van der Waals surface area contributed by atoms with Crippen LogP contribution in [0, 0.1) is 0 Å². The summed E-state index contributed by atoms with van der Waals surface area (Å²) >= 11 is 0. The first kappa shape index (κ1) is 19.5. The zero-order valence-electron chi connectivity index (χ0n) is 16.5. The number of hydrogen-bond donors (Lipinski definition) is 0. The monoisotopic (exact) mass is 373 g/mol. The van der Waals surface area contributed by atoms with E-state index in [-0.39, 0.29) is 11.8 Å². The molecule has 0 bridgehead atoms. The van der Waals surface area contributed by atoms with Crippen LogP contribution in [-0.2, 0) is 9.59 Å². The molecule has 2 fully saturated rings. The Labute approximate surface area is 162 Å². The molecule has 0 unspecified atom stereocenters. The molecule has 0 spiro atoms. The molecule has 1 aromatic rings. The number of rotatable bonds is 6. The van der Waals surface area contributed by atoms with Crippen LogP contribution in [0.3, 0.4) is 0 Å². The highest BCUT2D eigenvalue weighted by atomic mass is 16.5. The van der Waals surface area contributed by atoms with Crippen LogP contribution in [0.15, 0.2) is 24.3 Å². The van der Waals surface area contributed by atoms with Gasteiger partial charge >= 0.3 is 0 Å². The van der Waals surface area contributed by atoms with Crippen molar-refractivity contribution in [1.82, 2.24) is 9.80 Å². The van der Waals surface area contributed by atoms with Gasteiger partial charge in [0.05, 0.1) is 7.11 Å². The lowest BCUT2D eigenvalue weighted by molar-refractivity contribution is -0.134. The fourth-order valence-electron chi connectivity index (χ4n) is 4.19. The lowest BCUT2D eigenvalue weighted by Crippen LogP contribution is -2.49. The van der Waals surface area contributed by atoms with Crippen LogP contribution in [0.4, 0.5) is 5.69 Å². The Hall–Kier alpha value is -2.24. The number of methoxy groups -OCH3 is 1. The van der Waals surface area contributed by atoms with Crippen molar-refractivity contribution >= 4 is 17.5 Å². The van der Waals surface area contributed by atoms with Gasteiger partial charge in [-0.2, -0.15) is 0 Å². The average Bonchev–Trinajstić information content (AvgIpc) is 3.22. The van der Waals surface area contributed by atoms with E-state index >= 15 is 0 Å². The van der Waals surface area contributed by atoms with Gasteiger partial charge in [0.1, 0.15) is 5.75 Å². The number of nitrogens with zero attached hydrogens (tertiary/aromatic N) is 3. The van der Waals surface area contributed by atoms with Gasteiger partial charge in [-0.05, 0) is 37.1 Å². The summed E-state index contributed by atoms with van der Waals surface area (Å²) in [5.74, 6) is 1.11. The summed E-state index contributed by atoms with van der Waals surface area (Å²) < 4.78 is 5.21. The molecule has 1 aliphatic carbocycles. The molecule has 1 heterocycles. The number of carbonyl (C=O) groups is 2. The second-order valence-electron chi connectivity index (χ2n) is 7.47. The smallest absolute Gasteiger partial charge is 0.224 e. The number of benzene rings is 1. The van der Waals surface area contributed by atoms with Gasteiger partial charge < -0.3 is 19.4 Å². The van der Waals surface area contributed by atoms with Crippen LogP contribution >= 0.6 is 0 Å². The maximum absolute atomic E-state index is 12.6.